The van der Waals surface area contributed by atoms with Crippen molar-refractivity contribution >= 4 is 29.1 Å². The van der Waals surface area contributed by atoms with Gasteiger partial charge in [-0.15, -0.1) is 0 Å². The molecular formula is C26H33ClN2O4. The van der Waals surface area contributed by atoms with Gasteiger partial charge in [0, 0.05) is 29.2 Å². The number of anilines is 1. The first kappa shape index (κ1) is 21.9. The Morgan fingerprint density at radius 3 is 2.52 bits per heavy atom. The van der Waals surface area contributed by atoms with Gasteiger partial charge in [-0.3, -0.25) is 9.59 Å². The van der Waals surface area contributed by atoms with E-state index >= 15 is 0 Å². The van der Waals surface area contributed by atoms with Crippen LogP contribution in [0.15, 0.2) is 18.2 Å². The van der Waals surface area contributed by atoms with Gasteiger partial charge in [0.2, 0.25) is 11.8 Å². The Morgan fingerprint density at radius 1 is 1.18 bits per heavy atom. The molecule has 3 unspecified atom stereocenters. The quantitative estimate of drug-likeness (QED) is 0.592. The number of carbonyl (C=O) groups is 2. The third-order valence-corrected chi connectivity index (χ3v) is 9.67. The molecule has 6 aliphatic rings. The SMILES string of the molecule is O=C1C(Cc2ccc(NC(=O)C3(CO)CC3)cc2Cl)CCN1C1C2CC3CC1CC(O)(C3)C2. The number of amides is 2. The van der Waals surface area contributed by atoms with E-state index in [1.807, 2.05) is 12.1 Å². The summed E-state index contributed by atoms with van der Waals surface area (Å²) in [6.07, 6.45) is 7.87. The van der Waals surface area contributed by atoms with Gasteiger partial charge in [-0.05, 0) is 93.2 Å². The van der Waals surface area contributed by atoms with E-state index in [1.165, 1.54) is 0 Å². The molecule has 2 amide bonds. The molecule has 4 bridgehead atoms. The first-order valence-corrected chi connectivity index (χ1v) is 12.9. The van der Waals surface area contributed by atoms with Crippen LogP contribution in [-0.2, 0) is 16.0 Å². The molecule has 5 saturated carbocycles. The number of likely N-dealkylation sites (tertiary alicyclic amines) is 1. The number of aliphatic hydroxyl groups excluding tert-OH is 1. The molecule has 5 aliphatic carbocycles. The summed E-state index contributed by atoms with van der Waals surface area (Å²) >= 11 is 6.55. The molecule has 1 saturated heterocycles. The van der Waals surface area contributed by atoms with Crippen molar-refractivity contribution in [3.05, 3.63) is 28.8 Å². The average molecular weight is 473 g/mol. The van der Waals surface area contributed by atoms with E-state index in [-0.39, 0.29) is 24.3 Å². The van der Waals surface area contributed by atoms with Crippen LogP contribution < -0.4 is 5.32 Å². The summed E-state index contributed by atoms with van der Waals surface area (Å²) in [4.78, 5) is 28.0. The third-order valence-electron chi connectivity index (χ3n) is 9.32. The lowest BCUT2D eigenvalue weighted by Crippen LogP contribution is -2.62. The first-order chi connectivity index (χ1) is 15.8. The Labute approximate surface area is 199 Å². The molecule has 1 aromatic carbocycles. The number of hydrogen-bond donors (Lipinski definition) is 3. The molecular weight excluding hydrogens is 440 g/mol. The summed E-state index contributed by atoms with van der Waals surface area (Å²) in [7, 11) is 0. The maximum atomic E-state index is 13.4. The Hall–Kier alpha value is -1.63. The molecule has 3 atom stereocenters. The molecule has 1 aliphatic heterocycles. The highest BCUT2D eigenvalue weighted by molar-refractivity contribution is 6.31. The average Bonchev–Trinajstić information content (AvgIpc) is 3.49. The second-order valence-corrected chi connectivity index (χ2v) is 12.0. The number of halogens is 1. The molecule has 0 spiro atoms. The van der Waals surface area contributed by atoms with Gasteiger partial charge < -0.3 is 20.4 Å². The van der Waals surface area contributed by atoms with E-state index in [1.54, 1.807) is 6.07 Å². The van der Waals surface area contributed by atoms with E-state index in [0.717, 1.165) is 50.6 Å². The molecule has 6 nitrogen and oxygen atoms in total. The van der Waals surface area contributed by atoms with Crippen LogP contribution in [0, 0.1) is 29.1 Å². The van der Waals surface area contributed by atoms with Crippen LogP contribution in [0.4, 0.5) is 5.69 Å². The molecule has 7 heteroatoms. The molecule has 0 radical (unpaired) electrons. The Kier molecular flexibility index (Phi) is 5.10. The van der Waals surface area contributed by atoms with E-state index in [2.05, 4.69) is 10.2 Å². The Bertz CT molecular complexity index is 977. The fraction of sp³-hybridized carbons (Fsp3) is 0.692. The van der Waals surface area contributed by atoms with E-state index in [9.17, 15) is 19.8 Å². The van der Waals surface area contributed by atoms with Gasteiger partial charge in [0.15, 0.2) is 0 Å². The van der Waals surface area contributed by atoms with Gasteiger partial charge in [0.1, 0.15) is 0 Å². The lowest BCUT2D eigenvalue weighted by Gasteiger charge is -2.59. The normalized spacial score (nSPS) is 38.1. The number of carbonyl (C=O) groups excluding carboxylic acids is 2. The first-order valence-electron chi connectivity index (χ1n) is 12.5. The van der Waals surface area contributed by atoms with Crippen molar-refractivity contribution < 1.29 is 19.8 Å². The van der Waals surface area contributed by atoms with E-state index < -0.39 is 11.0 Å². The molecule has 178 valence electrons. The molecule has 1 aromatic rings. The maximum absolute atomic E-state index is 13.4. The zero-order valence-corrected chi connectivity index (χ0v) is 19.7. The molecule has 7 rings (SSSR count). The van der Waals surface area contributed by atoms with E-state index in [4.69, 9.17) is 11.6 Å². The van der Waals surface area contributed by atoms with Crippen molar-refractivity contribution in [2.24, 2.45) is 29.1 Å². The van der Waals surface area contributed by atoms with Crippen molar-refractivity contribution in [2.75, 3.05) is 18.5 Å². The van der Waals surface area contributed by atoms with Crippen molar-refractivity contribution in [2.45, 2.75) is 69.4 Å². The molecule has 1 heterocycles. The third kappa shape index (κ3) is 3.69. The minimum atomic E-state index is -0.627. The lowest BCUT2D eigenvalue weighted by molar-refractivity contribution is -0.168. The smallest absolute Gasteiger partial charge is 0.232 e. The number of nitrogens with zero attached hydrogens (tertiary/aromatic N) is 1. The fourth-order valence-corrected chi connectivity index (χ4v) is 7.90. The highest BCUT2D eigenvalue weighted by atomic mass is 35.5. The summed E-state index contributed by atoms with van der Waals surface area (Å²) in [5.74, 6) is 1.56. The summed E-state index contributed by atoms with van der Waals surface area (Å²) in [5.41, 5.74) is 0.450. The van der Waals surface area contributed by atoms with Crippen LogP contribution in [0.1, 0.15) is 56.9 Å². The van der Waals surface area contributed by atoms with Gasteiger partial charge in [-0.2, -0.15) is 0 Å². The monoisotopic (exact) mass is 472 g/mol. The lowest BCUT2D eigenvalue weighted by atomic mass is 9.52. The fourth-order valence-electron chi connectivity index (χ4n) is 7.64. The number of benzene rings is 1. The standard InChI is InChI=1S/C26H33ClN2O4/c27-21-10-20(28-24(32)25(14-30)4-5-25)2-1-16(21)9-17-3-6-29(23(17)31)22-18-7-15-8-19(22)13-26(33,11-15)12-18/h1-2,10,15,17-19,22,30,33H,3-9,11-14H2,(H,28,32). The highest BCUT2D eigenvalue weighted by Crippen LogP contribution is 2.57. The molecule has 3 N–H and O–H groups in total. The van der Waals surface area contributed by atoms with Crippen LogP contribution in [0.2, 0.25) is 5.02 Å². The van der Waals surface area contributed by atoms with Crippen molar-refractivity contribution in [1.82, 2.24) is 4.90 Å². The van der Waals surface area contributed by atoms with Crippen LogP contribution in [-0.4, -0.2) is 51.7 Å². The number of rotatable bonds is 6. The number of aliphatic hydroxyl groups is 2. The van der Waals surface area contributed by atoms with Crippen LogP contribution in [0.3, 0.4) is 0 Å². The van der Waals surface area contributed by atoms with Crippen LogP contribution >= 0.6 is 11.6 Å². The zero-order valence-electron chi connectivity index (χ0n) is 18.9. The largest absolute Gasteiger partial charge is 0.395 e. The summed E-state index contributed by atoms with van der Waals surface area (Å²) in [5, 5.41) is 23.8. The van der Waals surface area contributed by atoms with Crippen LogP contribution in [0.5, 0.6) is 0 Å². The molecule has 33 heavy (non-hydrogen) atoms. The molecule has 6 fully saturated rings. The van der Waals surface area contributed by atoms with Crippen molar-refractivity contribution in [1.29, 1.82) is 0 Å². The van der Waals surface area contributed by atoms with Crippen molar-refractivity contribution in [3.63, 3.8) is 0 Å². The topological polar surface area (TPSA) is 89.9 Å². The number of nitrogens with one attached hydrogen (secondary N) is 1. The van der Waals surface area contributed by atoms with Gasteiger partial charge in [0.25, 0.3) is 0 Å². The highest BCUT2D eigenvalue weighted by Gasteiger charge is 2.57. The summed E-state index contributed by atoms with van der Waals surface area (Å²) in [6.45, 7) is 0.673. The Morgan fingerprint density at radius 2 is 1.91 bits per heavy atom. The van der Waals surface area contributed by atoms with Gasteiger partial charge in [-0.25, -0.2) is 0 Å². The number of hydrogen-bond acceptors (Lipinski definition) is 4. The summed E-state index contributed by atoms with van der Waals surface area (Å²) < 4.78 is 0. The van der Waals surface area contributed by atoms with Crippen LogP contribution in [0.25, 0.3) is 0 Å². The Balaban J connectivity index is 1.11. The minimum Gasteiger partial charge on any atom is -0.395 e. The van der Waals surface area contributed by atoms with E-state index in [0.29, 0.717) is 53.8 Å². The predicted molar refractivity (Wildman–Crippen MR) is 125 cm³/mol. The second kappa shape index (κ2) is 7.69. The van der Waals surface area contributed by atoms with Crippen molar-refractivity contribution in [3.8, 4) is 0 Å². The molecule has 0 aromatic heterocycles. The second-order valence-electron chi connectivity index (χ2n) is 11.6. The summed E-state index contributed by atoms with van der Waals surface area (Å²) in [6, 6.07) is 5.79. The van der Waals surface area contributed by atoms with Gasteiger partial charge in [-0.1, -0.05) is 17.7 Å². The zero-order chi connectivity index (χ0) is 23.0. The van der Waals surface area contributed by atoms with Gasteiger partial charge in [0.05, 0.1) is 17.6 Å². The predicted octanol–water partition coefficient (Wildman–Crippen LogP) is 3.38. The maximum Gasteiger partial charge on any atom is 0.232 e. The van der Waals surface area contributed by atoms with Gasteiger partial charge >= 0.3 is 0 Å². The minimum absolute atomic E-state index is 0.0627.